The molecule has 192 valence electrons. The highest BCUT2D eigenvalue weighted by molar-refractivity contribution is 5.77. The highest BCUT2D eigenvalue weighted by atomic mass is 16.2. The van der Waals surface area contributed by atoms with Gasteiger partial charge in [0.15, 0.2) is 0 Å². The minimum Gasteiger partial charge on any atom is -0.341 e. The highest BCUT2D eigenvalue weighted by Crippen LogP contribution is 1.62. The van der Waals surface area contributed by atoms with Crippen molar-refractivity contribution in [2.24, 2.45) is 0 Å². The molecule has 0 aliphatic heterocycles. The van der Waals surface area contributed by atoms with Crippen LogP contribution in [0.25, 0.3) is 0 Å². The molecule has 0 heterocycles. The molecule has 0 unspecified atom stereocenters. The SMILES string of the molecule is CNC(=O)NCNC(=O)NC.CNC(=O)NCNC(=O)NC.CNC(=O)NCNC(=O)NC. The Kier molecular flexibility index (Phi) is 24.1. The smallest absolute Gasteiger partial charge is 0.315 e. The Morgan fingerprint density at radius 3 is 0.545 bits per heavy atom. The van der Waals surface area contributed by atoms with Gasteiger partial charge in [-0.15, -0.1) is 0 Å². The Balaban J connectivity index is -0.000000409. The van der Waals surface area contributed by atoms with E-state index in [0.717, 1.165) is 0 Å². The van der Waals surface area contributed by atoms with Gasteiger partial charge < -0.3 is 63.8 Å². The maximum absolute atomic E-state index is 10.5. The van der Waals surface area contributed by atoms with Gasteiger partial charge in [-0.3, -0.25) is 0 Å². The molecular formula is C15H36N12O6. The quantitative estimate of drug-likeness (QED) is 0.171. The van der Waals surface area contributed by atoms with Crippen LogP contribution in [0.4, 0.5) is 28.8 Å². The summed E-state index contributed by atoms with van der Waals surface area (Å²) >= 11 is 0. The topological polar surface area (TPSA) is 247 Å². The summed E-state index contributed by atoms with van der Waals surface area (Å²) in [6.45, 7) is 0.331. The van der Waals surface area contributed by atoms with Crippen LogP contribution in [-0.2, 0) is 0 Å². The molecule has 0 aromatic rings. The van der Waals surface area contributed by atoms with Gasteiger partial charge >= 0.3 is 36.2 Å². The van der Waals surface area contributed by atoms with Gasteiger partial charge in [-0.05, 0) is 0 Å². The highest BCUT2D eigenvalue weighted by Gasteiger charge is 1.97. The Bertz CT molecular complexity index is 475. The Labute approximate surface area is 191 Å². The van der Waals surface area contributed by atoms with Crippen LogP contribution in [0, 0.1) is 0 Å². The molecule has 0 radical (unpaired) electrons. The lowest BCUT2D eigenvalue weighted by atomic mass is 10.8. The fourth-order valence-electron chi connectivity index (χ4n) is 1.14. The fraction of sp³-hybridized carbons (Fsp3) is 0.600. The molecule has 0 saturated heterocycles. The summed E-state index contributed by atoms with van der Waals surface area (Å²) in [5.74, 6) is 0. The second kappa shape index (κ2) is 23.9. The van der Waals surface area contributed by atoms with Crippen molar-refractivity contribution < 1.29 is 28.8 Å². The Morgan fingerprint density at radius 1 is 0.333 bits per heavy atom. The molecule has 33 heavy (non-hydrogen) atoms. The van der Waals surface area contributed by atoms with Crippen LogP contribution in [0.3, 0.4) is 0 Å². The first-order chi connectivity index (χ1) is 15.6. The molecule has 18 heteroatoms. The van der Waals surface area contributed by atoms with E-state index in [2.05, 4.69) is 63.8 Å². The van der Waals surface area contributed by atoms with Gasteiger partial charge in [-0.2, -0.15) is 0 Å². The predicted octanol–water partition coefficient (Wildman–Crippen LogP) is -3.59. The number of hydrogen-bond acceptors (Lipinski definition) is 6. The number of hydrogen-bond donors (Lipinski definition) is 12. The van der Waals surface area contributed by atoms with Crippen LogP contribution in [-0.4, -0.2) is 98.5 Å². The summed E-state index contributed by atoms with van der Waals surface area (Å²) < 4.78 is 0. The first-order valence-corrected chi connectivity index (χ1v) is 9.35. The van der Waals surface area contributed by atoms with Crippen molar-refractivity contribution in [3.63, 3.8) is 0 Å². The van der Waals surface area contributed by atoms with Crippen LogP contribution in [0.5, 0.6) is 0 Å². The maximum Gasteiger partial charge on any atom is 0.315 e. The minimum absolute atomic E-state index is 0.110. The van der Waals surface area contributed by atoms with Gasteiger partial charge in [-0.1, -0.05) is 0 Å². The van der Waals surface area contributed by atoms with Crippen molar-refractivity contribution in [3.8, 4) is 0 Å². The van der Waals surface area contributed by atoms with Gasteiger partial charge in [0.05, 0.1) is 20.0 Å². The number of nitrogens with one attached hydrogen (secondary N) is 12. The molecule has 0 bridgehead atoms. The van der Waals surface area contributed by atoms with Crippen LogP contribution in [0.15, 0.2) is 0 Å². The zero-order valence-electron chi connectivity index (χ0n) is 19.6. The van der Waals surface area contributed by atoms with Crippen molar-refractivity contribution in [2.75, 3.05) is 62.3 Å². The summed E-state index contributed by atoms with van der Waals surface area (Å²) in [5.41, 5.74) is 0. The monoisotopic (exact) mass is 480 g/mol. The first-order valence-electron chi connectivity index (χ1n) is 9.35. The molecule has 0 aromatic carbocycles. The average molecular weight is 481 g/mol. The molecule has 18 nitrogen and oxygen atoms in total. The van der Waals surface area contributed by atoms with Crippen LogP contribution in [0.1, 0.15) is 0 Å². The summed E-state index contributed by atoms with van der Waals surface area (Å²) in [5, 5.41) is 28.3. The van der Waals surface area contributed by atoms with Crippen LogP contribution < -0.4 is 63.8 Å². The Morgan fingerprint density at radius 2 is 0.455 bits per heavy atom. The molecule has 0 aliphatic carbocycles. The van der Waals surface area contributed by atoms with Gasteiger partial charge in [0.1, 0.15) is 0 Å². The number of carbonyl (C=O) groups excluding carboxylic acids is 6. The van der Waals surface area contributed by atoms with E-state index in [-0.39, 0.29) is 56.2 Å². The lowest BCUT2D eigenvalue weighted by molar-refractivity contribution is 0.235. The molecule has 0 rings (SSSR count). The summed E-state index contributed by atoms with van der Waals surface area (Å²) in [6, 6.07) is -1.99. The van der Waals surface area contributed by atoms with Crippen molar-refractivity contribution in [3.05, 3.63) is 0 Å². The van der Waals surface area contributed by atoms with Crippen molar-refractivity contribution in [1.82, 2.24) is 63.8 Å². The van der Waals surface area contributed by atoms with E-state index in [1.165, 1.54) is 42.3 Å². The molecule has 0 spiro atoms. The van der Waals surface area contributed by atoms with Gasteiger partial charge in [0.25, 0.3) is 0 Å². The lowest BCUT2D eigenvalue weighted by Gasteiger charge is -2.05. The lowest BCUT2D eigenvalue weighted by Crippen LogP contribution is -2.43. The number of rotatable bonds is 6. The molecule has 12 N–H and O–H groups in total. The summed E-state index contributed by atoms with van der Waals surface area (Å²) in [6.07, 6.45) is 0. The second-order valence-electron chi connectivity index (χ2n) is 5.07. The molecule has 0 saturated carbocycles. The molecule has 0 aliphatic rings. The number of amides is 12. The van der Waals surface area contributed by atoms with E-state index in [0.29, 0.717) is 0 Å². The van der Waals surface area contributed by atoms with E-state index in [1.807, 2.05) is 0 Å². The van der Waals surface area contributed by atoms with Crippen molar-refractivity contribution in [1.29, 1.82) is 0 Å². The average Bonchev–Trinajstić information content (AvgIpc) is 2.83. The molecule has 12 amide bonds. The van der Waals surface area contributed by atoms with Crippen molar-refractivity contribution >= 4 is 36.2 Å². The molecule has 0 fully saturated rings. The standard InChI is InChI=1S/3C5H12N4O2/c3*1-6-4(10)8-3-9-5(11)7-2/h3*3H2,1-2H3,(H2,6,8,10)(H2,7,9,11). The van der Waals surface area contributed by atoms with E-state index < -0.39 is 0 Å². The predicted molar refractivity (Wildman–Crippen MR) is 120 cm³/mol. The molecular weight excluding hydrogens is 444 g/mol. The maximum atomic E-state index is 10.5. The zero-order chi connectivity index (χ0) is 26.1. The molecule has 0 atom stereocenters. The Hall–Kier alpha value is -4.38. The number of carbonyl (C=O) groups is 6. The summed E-state index contributed by atoms with van der Waals surface area (Å²) in [7, 11) is 8.97. The third kappa shape index (κ3) is 27.6. The summed E-state index contributed by atoms with van der Waals surface area (Å²) in [4.78, 5) is 62.9. The van der Waals surface area contributed by atoms with Crippen molar-refractivity contribution in [2.45, 2.75) is 0 Å². The van der Waals surface area contributed by atoms with Crippen LogP contribution in [0.2, 0.25) is 0 Å². The largest absolute Gasteiger partial charge is 0.341 e. The number of urea groups is 6. The second-order valence-corrected chi connectivity index (χ2v) is 5.07. The van der Waals surface area contributed by atoms with Gasteiger partial charge in [0, 0.05) is 42.3 Å². The first kappa shape index (κ1) is 33.3. The third-order valence-corrected chi connectivity index (χ3v) is 2.86. The molecule has 0 aromatic heterocycles. The minimum atomic E-state index is -0.332. The van der Waals surface area contributed by atoms with Crippen LogP contribution >= 0.6 is 0 Å². The third-order valence-electron chi connectivity index (χ3n) is 2.86. The van der Waals surface area contributed by atoms with Gasteiger partial charge in [-0.25, -0.2) is 28.8 Å². The van der Waals surface area contributed by atoms with E-state index in [9.17, 15) is 28.8 Å². The fourth-order valence-corrected chi connectivity index (χ4v) is 1.14. The van der Waals surface area contributed by atoms with E-state index in [1.54, 1.807) is 0 Å². The zero-order valence-corrected chi connectivity index (χ0v) is 19.6. The normalized spacial score (nSPS) is 8.18. The van der Waals surface area contributed by atoms with E-state index >= 15 is 0 Å². The van der Waals surface area contributed by atoms with Gasteiger partial charge in [0.2, 0.25) is 0 Å². The van der Waals surface area contributed by atoms with E-state index in [4.69, 9.17) is 0 Å².